The van der Waals surface area contributed by atoms with E-state index in [0.29, 0.717) is 0 Å². The summed E-state index contributed by atoms with van der Waals surface area (Å²) >= 11 is 0. The zero-order chi connectivity index (χ0) is 6.20. The van der Waals surface area contributed by atoms with Crippen molar-refractivity contribution < 1.29 is 22.4 Å². The minimum Gasteiger partial charge on any atom is -0.373 e. The minimum absolute atomic E-state index is 0.992. The van der Waals surface area contributed by atoms with Gasteiger partial charge in [-0.3, -0.25) is 4.32 Å². The normalized spacial score (nSPS) is 26.6. The molecule has 0 aromatic heterocycles. The molecule has 2 nitrogen and oxygen atoms in total. The van der Waals surface area contributed by atoms with E-state index in [1.165, 1.54) is 0 Å². The van der Waals surface area contributed by atoms with Gasteiger partial charge in [0.15, 0.2) is 0 Å². The lowest BCUT2D eigenvalue weighted by atomic mass is 10.3. The van der Waals surface area contributed by atoms with E-state index in [2.05, 4.69) is 9.31 Å². The maximum Gasteiger partial charge on any atom is 0.684 e. The number of rotatable bonds is 0. The summed E-state index contributed by atoms with van der Waals surface area (Å²) in [7, 11) is -2.26. The molecule has 1 rings (SSSR count). The molecule has 0 unspecified atom stereocenters. The summed E-state index contributed by atoms with van der Waals surface area (Å²) < 4.78 is 41.8. The average molecular weight is 126 g/mol. The molecule has 0 N–H and O–H groups in total. The van der Waals surface area contributed by atoms with Crippen molar-refractivity contribution in [2.75, 3.05) is 6.61 Å². The predicted octanol–water partition coefficient (Wildman–Crippen LogP) is 0.580. The van der Waals surface area contributed by atoms with Gasteiger partial charge in [0.1, 0.15) is 6.61 Å². The first-order chi connectivity index (χ1) is 3.60. The fourth-order valence-corrected chi connectivity index (χ4v) is 0.366. The largest absolute Gasteiger partial charge is 0.684 e. The van der Waals surface area contributed by atoms with E-state index in [4.69, 9.17) is 0 Å². The summed E-state index contributed by atoms with van der Waals surface area (Å²) in [4.78, 5) is 0. The maximum atomic E-state index is 11.6. The van der Waals surface area contributed by atoms with Gasteiger partial charge in [0.25, 0.3) is 0 Å². The Balaban J connectivity index is 2.44. The highest BCUT2D eigenvalue weighted by Gasteiger charge is 2.46. The summed E-state index contributed by atoms with van der Waals surface area (Å²) in [6.45, 7) is -0.992. The highest BCUT2D eigenvalue weighted by atomic mass is 19.3. The topological polar surface area (TPSA) is 18.5 Å². The molecule has 0 atom stereocenters. The van der Waals surface area contributed by atoms with E-state index in [1.807, 2.05) is 0 Å². The van der Waals surface area contributed by atoms with E-state index in [-0.39, 0.29) is 0 Å². The summed E-state index contributed by atoms with van der Waals surface area (Å²) in [5, 5.41) is 0. The van der Waals surface area contributed by atoms with Crippen molar-refractivity contribution in [2.45, 2.75) is 6.11 Å². The number of halogens is 3. The average Bonchev–Trinajstić information content (AvgIpc) is 1.82. The molecule has 0 amide bonds. The highest BCUT2D eigenvalue weighted by Crippen LogP contribution is 2.23. The smallest absolute Gasteiger partial charge is 0.373 e. The van der Waals surface area contributed by atoms with Gasteiger partial charge >= 0.3 is 13.5 Å². The van der Waals surface area contributed by atoms with Gasteiger partial charge in [-0.1, -0.05) is 0 Å². The van der Waals surface area contributed by atoms with E-state index < -0.39 is 20.1 Å². The van der Waals surface area contributed by atoms with Crippen LogP contribution in [0.2, 0.25) is 0 Å². The fraction of sp³-hybridized carbons (Fsp3) is 1.00. The van der Waals surface area contributed by atoms with Crippen molar-refractivity contribution in [3.8, 4) is 0 Å². The molecule has 1 aliphatic rings. The lowest BCUT2D eigenvalue weighted by Gasteiger charge is -2.01. The molecule has 0 bridgehead atoms. The van der Waals surface area contributed by atoms with Crippen molar-refractivity contribution in [1.29, 1.82) is 0 Å². The molecule has 0 saturated carbocycles. The molecule has 0 spiro atoms. The van der Waals surface area contributed by atoms with E-state index >= 15 is 0 Å². The van der Waals surface area contributed by atoms with Crippen molar-refractivity contribution in [3.05, 3.63) is 0 Å². The van der Waals surface area contributed by atoms with Gasteiger partial charge in [-0.15, -0.1) is 0 Å². The molecule has 1 fully saturated rings. The second-order valence-electron chi connectivity index (χ2n) is 1.34. The van der Waals surface area contributed by atoms with Gasteiger partial charge in [0.05, 0.1) is 0 Å². The van der Waals surface area contributed by atoms with Crippen LogP contribution in [0.5, 0.6) is 0 Å². The molecule has 1 heterocycles. The first-order valence-corrected chi connectivity index (χ1v) is 1.91. The first-order valence-electron chi connectivity index (χ1n) is 1.91. The highest BCUT2D eigenvalue weighted by molar-refractivity contribution is 6.36. The third-order valence-electron chi connectivity index (χ3n) is 0.647. The molecular weight excluding hydrogens is 124 g/mol. The van der Waals surface area contributed by atoms with Crippen LogP contribution in [0.4, 0.5) is 13.1 Å². The fourth-order valence-electron chi connectivity index (χ4n) is 0.366. The van der Waals surface area contributed by atoms with Crippen LogP contribution in [0.3, 0.4) is 0 Å². The Labute approximate surface area is 43.8 Å². The Bertz CT molecular complexity index is 97.3. The molecule has 8 heavy (non-hydrogen) atoms. The molecule has 1 aliphatic heterocycles. The van der Waals surface area contributed by atoms with E-state index in [9.17, 15) is 13.1 Å². The molecular formula is C2H2BF3O2. The van der Waals surface area contributed by atoms with Crippen LogP contribution in [-0.4, -0.2) is 20.1 Å². The van der Waals surface area contributed by atoms with Crippen LogP contribution in [0.25, 0.3) is 0 Å². The monoisotopic (exact) mass is 126 g/mol. The summed E-state index contributed by atoms with van der Waals surface area (Å²) in [6.07, 6.45) is -3.43. The Kier molecular flexibility index (Phi) is 1.20. The van der Waals surface area contributed by atoms with Crippen LogP contribution in [0, 0.1) is 0 Å². The molecule has 6 heteroatoms. The SMILES string of the molecule is FB1OCC(F)(F)O1. The van der Waals surface area contributed by atoms with Crippen LogP contribution >= 0.6 is 0 Å². The summed E-state index contributed by atoms with van der Waals surface area (Å²) in [5.41, 5.74) is 0. The lowest BCUT2D eigenvalue weighted by molar-refractivity contribution is -0.164. The molecule has 0 radical (unpaired) electrons. The second-order valence-corrected chi connectivity index (χ2v) is 1.34. The van der Waals surface area contributed by atoms with Gasteiger partial charge < -0.3 is 9.31 Å². The van der Waals surface area contributed by atoms with E-state index in [0.717, 1.165) is 0 Å². The molecule has 1 saturated heterocycles. The van der Waals surface area contributed by atoms with Crippen molar-refractivity contribution in [3.63, 3.8) is 0 Å². The zero-order valence-electron chi connectivity index (χ0n) is 3.73. The van der Waals surface area contributed by atoms with Crippen LogP contribution in [0.1, 0.15) is 0 Å². The van der Waals surface area contributed by atoms with Gasteiger partial charge in [-0.2, -0.15) is 8.78 Å². The predicted molar refractivity (Wildman–Crippen MR) is 18.8 cm³/mol. The second kappa shape index (κ2) is 1.63. The Morgan fingerprint density at radius 1 is 1.50 bits per heavy atom. The molecule has 0 aliphatic carbocycles. The van der Waals surface area contributed by atoms with Gasteiger partial charge in [-0.05, 0) is 0 Å². The lowest BCUT2D eigenvalue weighted by Crippen LogP contribution is -2.18. The van der Waals surface area contributed by atoms with Crippen LogP contribution < -0.4 is 0 Å². The Morgan fingerprint density at radius 2 is 2.12 bits per heavy atom. The third kappa shape index (κ3) is 1.13. The van der Waals surface area contributed by atoms with Gasteiger partial charge in [-0.25, -0.2) is 0 Å². The molecule has 0 aromatic rings. The van der Waals surface area contributed by atoms with Gasteiger partial charge in [0.2, 0.25) is 0 Å². The standard InChI is InChI=1S/C2H2BF3O2/c4-2(5)1-7-3(6)8-2/h1H2. The number of hydrogen-bond acceptors (Lipinski definition) is 2. The van der Waals surface area contributed by atoms with E-state index in [1.54, 1.807) is 0 Å². The number of hydrogen-bond donors (Lipinski definition) is 0. The van der Waals surface area contributed by atoms with Crippen molar-refractivity contribution >= 4 is 7.40 Å². The Hall–Kier alpha value is -0.225. The van der Waals surface area contributed by atoms with Crippen LogP contribution in [-0.2, 0) is 9.31 Å². The Morgan fingerprint density at radius 3 is 2.25 bits per heavy atom. The van der Waals surface area contributed by atoms with Crippen molar-refractivity contribution in [1.82, 2.24) is 0 Å². The summed E-state index contributed by atoms with van der Waals surface area (Å²) in [5.74, 6) is 0. The first kappa shape index (κ1) is 5.90. The zero-order valence-corrected chi connectivity index (χ0v) is 3.73. The quantitative estimate of drug-likeness (QED) is 0.442. The van der Waals surface area contributed by atoms with Crippen molar-refractivity contribution in [2.24, 2.45) is 0 Å². The molecule has 0 aromatic carbocycles. The minimum atomic E-state index is -3.43. The van der Waals surface area contributed by atoms with Crippen LogP contribution in [0.15, 0.2) is 0 Å². The summed E-state index contributed by atoms with van der Waals surface area (Å²) in [6, 6.07) is 0. The number of alkyl halides is 2. The third-order valence-corrected chi connectivity index (χ3v) is 0.647. The van der Waals surface area contributed by atoms with Gasteiger partial charge in [0, 0.05) is 0 Å². The maximum absolute atomic E-state index is 11.6. The molecule has 46 valence electrons.